The van der Waals surface area contributed by atoms with E-state index in [1.165, 1.54) is 37.7 Å². The van der Waals surface area contributed by atoms with E-state index in [0.29, 0.717) is 0 Å². The van der Waals surface area contributed by atoms with Crippen LogP contribution in [0, 0.1) is 0 Å². The Balaban J connectivity index is 0.000000437. The van der Waals surface area contributed by atoms with E-state index in [9.17, 15) is 4.39 Å². The largest absolute Gasteiger partial charge is 0.292 e. The van der Waals surface area contributed by atoms with Gasteiger partial charge in [-0.15, -0.1) is 17.9 Å². The fraction of sp³-hybridized carbons (Fsp3) is 0.0976. The van der Waals surface area contributed by atoms with Gasteiger partial charge in [0.05, 0.1) is 22.9 Å². The number of thiophene rings is 1. The van der Waals surface area contributed by atoms with Crippen molar-refractivity contribution < 1.29 is 4.39 Å². The first-order chi connectivity index (χ1) is 23.1. The minimum Gasteiger partial charge on any atom is -0.292 e. The van der Waals surface area contributed by atoms with E-state index in [1.807, 2.05) is 49.0 Å². The van der Waals surface area contributed by atoms with Gasteiger partial charge in [0.1, 0.15) is 5.82 Å². The molecule has 5 heterocycles. The van der Waals surface area contributed by atoms with Gasteiger partial charge in [0.2, 0.25) is 0 Å². The predicted octanol–water partition coefficient (Wildman–Crippen LogP) is 12.4. The van der Waals surface area contributed by atoms with Crippen LogP contribution in [0.4, 0.5) is 4.39 Å². The molecule has 5 aromatic heterocycles. The van der Waals surface area contributed by atoms with Crippen molar-refractivity contribution in [3.05, 3.63) is 147 Å². The second-order valence-electron chi connectivity index (χ2n) is 10.6. The van der Waals surface area contributed by atoms with Crippen molar-refractivity contribution in [2.24, 2.45) is 0 Å². The Hall–Kier alpha value is -5.46. The Labute approximate surface area is 279 Å². The van der Waals surface area contributed by atoms with E-state index in [2.05, 4.69) is 121 Å². The summed E-state index contributed by atoms with van der Waals surface area (Å²) in [6.07, 6.45) is 10.7. The second kappa shape index (κ2) is 15.7. The number of nitrogens with zero attached hydrogens (tertiary/aromatic N) is 4. The first kappa shape index (κ1) is 32.9. The van der Waals surface area contributed by atoms with Crippen LogP contribution in [0.1, 0.15) is 27.2 Å². The highest BCUT2D eigenvalue weighted by Gasteiger charge is 2.18. The smallest absolute Gasteiger partial charge is 0.137 e. The zero-order valence-electron chi connectivity index (χ0n) is 26.9. The molecule has 3 aromatic carbocycles. The summed E-state index contributed by atoms with van der Waals surface area (Å²) in [5, 5.41) is 3.68. The zero-order valence-corrected chi connectivity index (χ0v) is 27.7. The van der Waals surface area contributed by atoms with Crippen molar-refractivity contribution >= 4 is 53.4 Å². The molecule has 8 aromatic rings. The normalized spacial score (nSPS) is 10.4. The van der Waals surface area contributed by atoms with Gasteiger partial charge in [0.25, 0.3) is 0 Å². The molecule has 8 rings (SSSR count). The summed E-state index contributed by atoms with van der Waals surface area (Å²) in [5.41, 5.74) is 7.76. The van der Waals surface area contributed by atoms with Gasteiger partial charge in [-0.1, -0.05) is 87.5 Å². The molecule has 0 amide bonds. The Morgan fingerprint density at radius 3 is 2.11 bits per heavy atom. The zero-order chi connectivity index (χ0) is 33.2. The summed E-state index contributed by atoms with van der Waals surface area (Å²) in [6, 6.07) is 34.2. The third-order valence-electron chi connectivity index (χ3n) is 7.20. The van der Waals surface area contributed by atoms with E-state index >= 15 is 0 Å². The van der Waals surface area contributed by atoms with Crippen molar-refractivity contribution in [1.82, 2.24) is 19.5 Å². The molecule has 6 heteroatoms. The van der Waals surface area contributed by atoms with Crippen LogP contribution in [0.2, 0.25) is 0 Å². The van der Waals surface area contributed by atoms with E-state index in [0.717, 1.165) is 38.9 Å². The Morgan fingerprint density at radius 2 is 1.43 bits per heavy atom. The lowest BCUT2D eigenvalue weighted by atomic mass is 10.0. The third kappa shape index (κ3) is 6.88. The van der Waals surface area contributed by atoms with Gasteiger partial charge in [-0.3, -0.25) is 14.5 Å². The number of pyridine rings is 3. The SMILES string of the molecule is C=CC.C=CF.CCC.c1ccc(-c2cccc3c2sc2cc4c(cc23)c2ncccc2n4-c2ccc(-c3cccnc3)cn2)cc1. The van der Waals surface area contributed by atoms with Crippen molar-refractivity contribution in [3.63, 3.8) is 0 Å². The minimum absolute atomic E-state index is 0.250. The topological polar surface area (TPSA) is 43.6 Å². The number of halogens is 1. The monoisotopic (exact) mass is 636 g/mol. The second-order valence-corrected chi connectivity index (χ2v) is 11.7. The highest BCUT2D eigenvalue weighted by Crippen LogP contribution is 2.43. The number of allylic oxidation sites excluding steroid dienone is 1. The summed E-state index contributed by atoms with van der Waals surface area (Å²) < 4.78 is 14.9. The Morgan fingerprint density at radius 1 is 0.723 bits per heavy atom. The molecule has 0 radical (unpaired) electrons. The van der Waals surface area contributed by atoms with Crippen LogP contribution in [-0.4, -0.2) is 19.5 Å². The molecule has 0 unspecified atom stereocenters. The van der Waals surface area contributed by atoms with Gasteiger partial charge in [-0.2, -0.15) is 0 Å². The number of rotatable bonds is 3. The molecule has 0 bridgehead atoms. The summed E-state index contributed by atoms with van der Waals surface area (Å²) in [4.78, 5) is 13.9. The number of fused-ring (bicyclic) bond motifs is 6. The molecule has 4 nitrogen and oxygen atoms in total. The van der Waals surface area contributed by atoms with Gasteiger partial charge in [-0.25, -0.2) is 9.37 Å². The van der Waals surface area contributed by atoms with Crippen LogP contribution in [0.5, 0.6) is 0 Å². The minimum atomic E-state index is 0.250. The number of benzene rings is 3. The van der Waals surface area contributed by atoms with Gasteiger partial charge in [0.15, 0.2) is 0 Å². The van der Waals surface area contributed by atoms with Crippen LogP contribution in [-0.2, 0) is 0 Å². The molecule has 0 fully saturated rings. The lowest BCUT2D eigenvalue weighted by Gasteiger charge is -2.08. The molecule has 234 valence electrons. The molecular weight excluding hydrogens is 600 g/mol. The molecule has 0 aliphatic rings. The lowest BCUT2D eigenvalue weighted by molar-refractivity contribution is 0.725. The maximum Gasteiger partial charge on any atom is 0.137 e. The van der Waals surface area contributed by atoms with Crippen LogP contribution in [0.15, 0.2) is 147 Å². The molecule has 0 saturated heterocycles. The molecule has 0 spiro atoms. The van der Waals surface area contributed by atoms with E-state index in [4.69, 9.17) is 9.97 Å². The highest BCUT2D eigenvalue weighted by molar-refractivity contribution is 7.26. The molecular formula is C41H37FN4S. The molecule has 0 saturated carbocycles. The van der Waals surface area contributed by atoms with Crippen molar-refractivity contribution in [3.8, 4) is 28.1 Å². The number of hydrogen-bond acceptors (Lipinski definition) is 4. The first-order valence-electron chi connectivity index (χ1n) is 15.5. The van der Waals surface area contributed by atoms with E-state index in [-0.39, 0.29) is 6.33 Å². The van der Waals surface area contributed by atoms with E-state index < -0.39 is 0 Å². The number of aromatic nitrogens is 4. The maximum atomic E-state index is 10.1. The predicted molar refractivity (Wildman–Crippen MR) is 201 cm³/mol. The Kier molecular flexibility index (Phi) is 11.0. The molecule has 47 heavy (non-hydrogen) atoms. The summed E-state index contributed by atoms with van der Waals surface area (Å²) in [7, 11) is 0. The van der Waals surface area contributed by atoms with Crippen LogP contribution in [0.25, 0.3) is 70.2 Å². The van der Waals surface area contributed by atoms with E-state index in [1.54, 1.807) is 12.3 Å². The van der Waals surface area contributed by atoms with Gasteiger partial charge in [-0.05, 0) is 60.5 Å². The van der Waals surface area contributed by atoms with Crippen LogP contribution < -0.4 is 0 Å². The lowest BCUT2D eigenvalue weighted by Crippen LogP contribution is -1.97. The number of hydrogen-bond donors (Lipinski definition) is 0. The summed E-state index contributed by atoms with van der Waals surface area (Å²) >= 11 is 1.85. The molecule has 0 N–H and O–H groups in total. The molecule has 0 aliphatic heterocycles. The molecule has 0 aliphatic carbocycles. The molecule has 0 atom stereocenters. The quantitative estimate of drug-likeness (QED) is 0.181. The van der Waals surface area contributed by atoms with Crippen LogP contribution >= 0.6 is 11.3 Å². The van der Waals surface area contributed by atoms with Gasteiger partial charge < -0.3 is 0 Å². The highest BCUT2D eigenvalue weighted by atomic mass is 32.1. The standard InChI is InChI=1S/C33H20N4S.C3H8.C3H6.C2H3F/c1-2-7-21(8-3-1)24-10-4-11-25-26-17-27-29(18-30(26)38-33(24)25)37(28-12-6-16-35-32(27)28)31-14-13-23(20-36-31)22-9-5-15-34-19-22;2*1-3-2;1-2-3/h1-20H;3H2,1-2H3;3H,1H2,2H3;2H,1H2. The van der Waals surface area contributed by atoms with Crippen molar-refractivity contribution in [1.29, 1.82) is 0 Å². The Bertz CT molecular complexity index is 2230. The summed E-state index contributed by atoms with van der Waals surface area (Å²) in [6.45, 7) is 12.2. The average molecular weight is 637 g/mol. The van der Waals surface area contributed by atoms with Gasteiger partial charge in [0, 0.05) is 61.5 Å². The first-order valence-corrected chi connectivity index (χ1v) is 16.4. The van der Waals surface area contributed by atoms with Gasteiger partial charge >= 0.3 is 0 Å². The van der Waals surface area contributed by atoms with Crippen molar-refractivity contribution in [2.75, 3.05) is 0 Å². The summed E-state index contributed by atoms with van der Waals surface area (Å²) in [5.74, 6) is 0.871. The fourth-order valence-corrected chi connectivity index (χ4v) is 6.69. The van der Waals surface area contributed by atoms with Crippen molar-refractivity contribution in [2.45, 2.75) is 27.2 Å². The van der Waals surface area contributed by atoms with Crippen LogP contribution in [0.3, 0.4) is 0 Å². The third-order valence-corrected chi connectivity index (χ3v) is 8.40. The average Bonchev–Trinajstić information content (AvgIpc) is 3.64. The fourth-order valence-electron chi connectivity index (χ4n) is 5.44. The maximum absolute atomic E-state index is 10.1.